The van der Waals surface area contributed by atoms with Crippen molar-refractivity contribution < 1.29 is 14.7 Å². The lowest BCUT2D eigenvalue weighted by Gasteiger charge is -2.55. The van der Waals surface area contributed by atoms with Crippen LogP contribution in [-0.2, 0) is 9.59 Å². The van der Waals surface area contributed by atoms with Gasteiger partial charge in [-0.1, -0.05) is 33.3 Å². The molecule has 0 spiro atoms. The Bertz CT molecular complexity index is 408. The molecule has 0 amide bonds. The fourth-order valence-electron chi connectivity index (χ4n) is 4.39. The van der Waals surface area contributed by atoms with E-state index in [1.54, 1.807) is 0 Å². The average molecular weight is 250 g/mol. The first-order chi connectivity index (χ1) is 8.33. The predicted molar refractivity (Wildman–Crippen MR) is 69.1 cm³/mol. The van der Waals surface area contributed by atoms with Crippen LogP contribution in [0.25, 0.3) is 0 Å². The third-order valence-corrected chi connectivity index (χ3v) is 5.24. The van der Waals surface area contributed by atoms with Gasteiger partial charge in [-0.2, -0.15) is 0 Å². The van der Waals surface area contributed by atoms with Gasteiger partial charge < -0.3 is 5.11 Å². The fraction of sp³-hybridized carbons (Fsp3) is 0.733. The molecule has 3 nitrogen and oxygen atoms in total. The Morgan fingerprint density at radius 2 is 2.06 bits per heavy atom. The molecule has 0 unspecified atom stereocenters. The van der Waals surface area contributed by atoms with Crippen molar-refractivity contribution in [2.75, 3.05) is 0 Å². The highest BCUT2D eigenvalue weighted by Crippen LogP contribution is 2.59. The largest absolute Gasteiger partial charge is 0.481 e. The molecule has 100 valence electrons. The summed E-state index contributed by atoms with van der Waals surface area (Å²) in [4.78, 5) is 22.7. The molecule has 1 saturated carbocycles. The van der Waals surface area contributed by atoms with Gasteiger partial charge >= 0.3 is 5.97 Å². The van der Waals surface area contributed by atoms with E-state index in [2.05, 4.69) is 20.8 Å². The molecule has 1 fully saturated rings. The minimum atomic E-state index is -0.849. The maximum absolute atomic E-state index is 11.6. The molecule has 0 heterocycles. The monoisotopic (exact) mass is 250 g/mol. The SMILES string of the molecule is CC1(C)CCC[C@@]2(C)[C@@H](C(=O)O)C(C=O)=CC[C@@H]12. The molecule has 2 rings (SSSR count). The van der Waals surface area contributed by atoms with Crippen LogP contribution in [0.1, 0.15) is 46.5 Å². The molecule has 0 radical (unpaired) electrons. The quantitative estimate of drug-likeness (QED) is 0.766. The number of carbonyl (C=O) groups excluding carboxylic acids is 1. The van der Waals surface area contributed by atoms with Crippen molar-refractivity contribution in [1.29, 1.82) is 0 Å². The van der Waals surface area contributed by atoms with E-state index in [9.17, 15) is 14.7 Å². The van der Waals surface area contributed by atoms with Crippen LogP contribution in [0.3, 0.4) is 0 Å². The third-order valence-electron chi connectivity index (χ3n) is 5.24. The standard InChI is InChI=1S/C15H22O3/c1-14(2)7-4-8-15(3)11(14)6-5-10(9-16)12(15)13(17)18/h5,9,11-12H,4,6-8H2,1-3H3,(H,17,18)/t11-,12+,15+/m0/s1. The molecule has 3 atom stereocenters. The summed E-state index contributed by atoms with van der Waals surface area (Å²) in [5.74, 6) is -1.13. The first kappa shape index (κ1) is 13.3. The average Bonchev–Trinajstić information content (AvgIpc) is 2.25. The van der Waals surface area contributed by atoms with Crippen LogP contribution in [0.4, 0.5) is 0 Å². The van der Waals surface area contributed by atoms with Crippen LogP contribution in [0.15, 0.2) is 11.6 Å². The molecular formula is C15H22O3. The van der Waals surface area contributed by atoms with E-state index in [4.69, 9.17) is 0 Å². The molecule has 0 saturated heterocycles. The van der Waals surface area contributed by atoms with Gasteiger partial charge in [-0.15, -0.1) is 0 Å². The highest BCUT2D eigenvalue weighted by atomic mass is 16.4. The number of hydrogen-bond acceptors (Lipinski definition) is 2. The van der Waals surface area contributed by atoms with Crippen LogP contribution in [-0.4, -0.2) is 17.4 Å². The van der Waals surface area contributed by atoms with Crippen molar-refractivity contribution >= 4 is 12.3 Å². The van der Waals surface area contributed by atoms with Crippen LogP contribution in [0, 0.1) is 22.7 Å². The van der Waals surface area contributed by atoms with E-state index in [0.29, 0.717) is 11.5 Å². The van der Waals surface area contributed by atoms with Gasteiger partial charge in [-0.3, -0.25) is 9.59 Å². The van der Waals surface area contributed by atoms with E-state index in [0.717, 1.165) is 32.0 Å². The van der Waals surface area contributed by atoms with Crippen LogP contribution >= 0.6 is 0 Å². The zero-order chi connectivity index (χ0) is 13.6. The lowest BCUT2D eigenvalue weighted by atomic mass is 9.48. The van der Waals surface area contributed by atoms with Gasteiger partial charge in [-0.05, 0) is 36.0 Å². The van der Waals surface area contributed by atoms with Gasteiger partial charge in [-0.25, -0.2) is 0 Å². The Balaban J connectivity index is 2.49. The van der Waals surface area contributed by atoms with Gasteiger partial charge in [0.2, 0.25) is 0 Å². The maximum Gasteiger partial charge on any atom is 0.311 e. The van der Waals surface area contributed by atoms with Crippen molar-refractivity contribution in [3.63, 3.8) is 0 Å². The van der Waals surface area contributed by atoms with E-state index in [1.165, 1.54) is 0 Å². The summed E-state index contributed by atoms with van der Waals surface area (Å²) in [5.41, 5.74) is 0.350. The van der Waals surface area contributed by atoms with E-state index < -0.39 is 11.9 Å². The molecule has 2 aliphatic carbocycles. The van der Waals surface area contributed by atoms with Crippen molar-refractivity contribution in [2.45, 2.75) is 46.5 Å². The van der Waals surface area contributed by atoms with Gasteiger partial charge in [0, 0.05) is 5.57 Å². The Hall–Kier alpha value is -1.12. The van der Waals surface area contributed by atoms with Crippen LogP contribution < -0.4 is 0 Å². The van der Waals surface area contributed by atoms with Gasteiger partial charge in [0.15, 0.2) is 0 Å². The Morgan fingerprint density at radius 3 is 2.61 bits per heavy atom. The number of carboxylic acid groups (broad SMARTS) is 1. The summed E-state index contributed by atoms with van der Waals surface area (Å²) in [7, 11) is 0. The summed E-state index contributed by atoms with van der Waals surface area (Å²) in [6, 6.07) is 0. The molecule has 2 aliphatic rings. The van der Waals surface area contributed by atoms with E-state index in [-0.39, 0.29) is 10.8 Å². The first-order valence-corrected chi connectivity index (χ1v) is 6.71. The summed E-state index contributed by atoms with van der Waals surface area (Å²) >= 11 is 0. The van der Waals surface area contributed by atoms with Crippen molar-refractivity contribution in [3.8, 4) is 0 Å². The zero-order valence-corrected chi connectivity index (χ0v) is 11.4. The number of allylic oxidation sites excluding steroid dienone is 1. The Kier molecular flexibility index (Phi) is 3.12. The molecule has 0 aromatic rings. The summed E-state index contributed by atoms with van der Waals surface area (Å²) in [6.45, 7) is 6.52. The topological polar surface area (TPSA) is 54.4 Å². The Morgan fingerprint density at radius 1 is 1.39 bits per heavy atom. The van der Waals surface area contributed by atoms with Crippen molar-refractivity contribution in [2.24, 2.45) is 22.7 Å². The smallest absolute Gasteiger partial charge is 0.311 e. The summed E-state index contributed by atoms with van der Waals surface area (Å²) < 4.78 is 0. The zero-order valence-electron chi connectivity index (χ0n) is 11.4. The highest BCUT2D eigenvalue weighted by molar-refractivity contribution is 5.87. The maximum atomic E-state index is 11.6. The van der Waals surface area contributed by atoms with Gasteiger partial charge in [0.1, 0.15) is 6.29 Å². The van der Waals surface area contributed by atoms with Crippen LogP contribution in [0.2, 0.25) is 0 Å². The van der Waals surface area contributed by atoms with Gasteiger partial charge in [0.25, 0.3) is 0 Å². The first-order valence-electron chi connectivity index (χ1n) is 6.71. The molecule has 0 bridgehead atoms. The number of fused-ring (bicyclic) bond motifs is 1. The van der Waals surface area contributed by atoms with Crippen molar-refractivity contribution in [1.82, 2.24) is 0 Å². The van der Waals surface area contributed by atoms with Crippen LogP contribution in [0.5, 0.6) is 0 Å². The predicted octanol–water partition coefficient (Wildman–Crippen LogP) is 3.05. The normalized spacial score (nSPS) is 38.5. The lowest BCUT2D eigenvalue weighted by Crippen LogP contribution is -2.51. The number of carbonyl (C=O) groups is 2. The van der Waals surface area contributed by atoms with E-state index >= 15 is 0 Å². The van der Waals surface area contributed by atoms with Gasteiger partial charge in [0.05, 0.1) is 5.92 Å². The molecular weight excluding hydrogens is 228 g/mol. The number of aliphatic carboxylic acids is 1. The molecule has 3 heteroatoms. The molecule has 0 aromatic heterocycles. The highest BCUT2D eigenvalue weighted by Gasteiger charge is 2.54. The second-order valence-corrected chi connectivity index (χ2v) is 6.73. The summed E-state index contributed by atoms with van der Waals surface area (Å²) in [5, 5.41) is 9.51. The van der Waals surface area contributed by atoms with E-state index in [1.807, 2.05) is 6.08 Å². The molecule has 0 aromatic carbocycles. The summed E-state index contributed by atoms with van der Waals surface area (Å²) in [6.07, 6.45) is 6.53. The third kappa shape index (κ3) is 1.80. The number of carboxylic acids is 1. The minimum Gasteiger partial charge on any atom is -0.481 e. The number of hydrogen-bond donors (Lipinski definition) is 1. The lowest BCUT2D eigenvalue weighted by molar-refractivity contribution is -0.151. The molecule has 18 heavy (non-hydrogen) atoms. The minimum absolute atomic E-state index is 0.158. The molecule has 1 N–H and O–H groups in total. The Labute approximate surface area is 108 Å². The second-order valence-electron chi connectivity index (χ2n) is 6.73. The number of rotatable bonds is 2. The second kappa shape index (κ2) is 4.22. The number of aldehydes is 1. The van der Waals surface area contributed by atoms with Crippen molar-refractivity contribution in [3.05, 3.63) is 11.6 Å². The molecule has 0 aliphatic heterocycles. The fourth-order valence-corrected chi connectivity index (χ4v) is 4.39.